The molecule has 0 aliphatic heterocycles. The van der Waals surface area contributed by atoms with Crippen molar-refractivity contribution in [2.24, 2.45) is 0 Å². The second-order valence-electron chi connectivity index (χ2n) is 3.90. The number of ether oxygens (including phenoxy) is 1. The minimum Gasteiger partial charge on any atom is -0.494 e. The lowest BCUT2D eigenvalue weighted by Crippen LogP contribution is -1.99. The van der Waals surface area contributed by atoms with Gasteiger partial charge in [-0.2, -0.15) is 10.4 Å². The number of hydrogen-bond donors (Lipinski definition) is 1. The van der Waals surface area contributed by atoms with Gasteiger partial charge in [0.25, 0.3) is 0 Å². The van der Waals surface area contributed by atoms with Gasteiger partial charge in [0, 0.05) is 5.69 Å². The Bertz CT molecular complexity index is 575. The molecule has 0 bridgehead atoms. The van der Waals surface area contributed by atoms with Crippen molar-refractivity contribution in [3.63, 3.8) is 0 Å². The maximum Gasteiger partial charge on any atom is 0.171 e. The third-order valence-electron chi connectivity index (χ3n) is 2.43. The van der Waals surface area contributed by atoms with E-state index < -0.39 is 0 Å². The summed E-state index contributed by atoms with van der Waals surface area (Å²) in [5, 5.41) is 19.7. The van der Waals surface area contributed by atoms with Crippen molar-refractivity contribution in [2.75, 3.05) is 11.9 Å². The minimum atomic E-state index is 0.451. The van der Waals surface area contributed by atoms with E-state index in [9.17, 15) is 0 Å². The Balaban J connectivity index is 2.09. The summed E-state index contributed by atoms with van der Waals surface area (Å²) in [6.07, 6.45) is 2.47. The molecule has 1 N–H and O–H groups in total. The summed E-state index contributed by atoms with van der Waals surface area (Å²) in [6, 6.07) is 11.2. The van der Waals surface area contributed by atoms with Gasteiger partial charge in [-0.1, -0.05) is 6.92 Å². The summed E-state index contributed by atoms with van der Waals surface area (Å²) in [5.41, 5.74) is 1.29. The van der Waals surface area contributed by atoms with E-state index in [1.54, 1.807) is 6.07 Å². The summed E-state index contributed by atoms with van der Waals surface area (Å²) in [4.78, 5) is 0. The number of nitrogens with zero attached hydrogens (tertiary/aromatic N) is 3. The SMILES string of the molecule is CCCOc1ccc(Nc2nnccc2C#N)cc1. The fourth-order valence-corrected chi connectivity index (χ4v) is 1.51. The van der Waals surface area contributed by atoms with Gasteiger partial charge in [0.05, 0.1) is 18.4 Å². The highest BCUT2D eigenvalue weighted by Crippen LogP contribution is 2.20. The van der Waals surface area contributed by atoms with Gasteiger partial charge in [-0.3, -0.25) is 0 Å². The first-order valence-electron chi connectivity index (χ1n) is 6.05. The largest absolute Gasteiger partial charge is 0.494 e. The number of nitrogens with one attached hydrogen (secondary N) is 1. The molecule has 1 aromatic carbocycles. The van der Waals surface area contributed by atoms with Gasteiger partial charge in [0.2, 0.25) is 0 Å². The molecule has 1 heterocycles. The number of rotatable bonds is 5. The lowest BCUT2D eigenvalue weighted by Gasteiger charge is -2.08. The second kappa shape index (κ2) is 6.36. The van der Waals surface area contributed by atoms with Crippen LogP contribution in [0.4, 0.5) is 11.5 Å². The van der Waals surface area contributed by atoms with Gasteiger partial charge in [-0.25, -0.2) is 0 Å². The number of nitriles is 1. The van der Waals surface area contributed by atoms with Crippen molar-refractivity contribution in [2.45, 2.75) is 13.3 Å². The molecule has 5 heteroatoms. The van der Waals surface area contributed by atoms with E-state index in [1.165, 1.54) is 6.20 Å². The Morgan fingerprint density at radius 3 is 2.74 bits per heavy atom. The molecule has 0 saturated carbocycles. The Morgan fingerprint density at radius 1 is 1.26 bits per heavy atom. The summed E-state index contributed by atoms with van der Waals surface area (Å²) in [6.45, 7) is 2.77. The van der Waals surface area contributed by atoms with Crippen LogP contribution >= 0.6 is 0 Å². The van der Waals surface area contributed by atoms with Crippen LogP contribution in [0.3, 0.4) is 0 Å². The van der Waals surface area contributed by atoms with Gasteiger partial charge in [0.1, 0.15) is 11.8 Å². The highest BCUT2D eigenvalue weighted by Gasteiger charge is 2.03. The molecular weight excluding hydrogens is 240 g/mol. The lowest BCUT2D eigenvalue weighted by molar-refractivity contribution is 0.317. The molecule has 19 heavy (non-hydrogen) atoms. The third-order valence-corrected chi connectivity index (χ3v) is 2.43. The Morgan fingerprint density at radius 2 is 2.05 bits per heavy atom. The van der Waals surface area contributed by atoms with E-state index in [4.69, 9.17) is 10.00 Å². The van der Waals surface area contributed by atoms with Gasteiger partial charge in [-0.15, -0.1) is 5.10 Å². The average Bonchev–Trinajstić information content (AvgIpc) is 2.47. The van der Waals surface area contributed by atoms with Crippen LogP contribution in [0.1, 0.15) is 18.9 Å². The highest BCUT2D eigenvalue weighted by atomic mass is 16.5. The Kier molecular flexibility index (Phi) is 4.29. The van der Waals surface area contributed by atoms with Crippen molar-refractivity contribution in [1.82, 2.24) is 10.2 Å². The molecule has 0 atom stereocenters. The molecule has 0 fully saturated rings. The van der Waals surface area contributed by atoms with Gasteiger partial charge in [-0.05, 0) is 36.8 Å². The number of benzene rings is 1. The van der Waals surface area contributed by atoms with Crippen LogP contribution < -0.4 is 10.1 Å². The Hall–Kier alpha value is -2.61. The summed E-state index contributed by atoms with van der Waals surface area (Å²) < 4.78 is 5.50. The molecule has 2 aromatic rings. The molecule has 0 saturated heterocycles. The fraction of sp³-hybridized carbons (Fsp3) is 0.214. The number of anilines is 2. The number of aromatic nitrogens is 2. The molecular formula is C14H14N4O. The molecule has 96 valence electrons. The summed E-state index contributed by atoms with van der Waals surface area (Å²) >= 11 is 0. The zero-order valence-corrected chi connectivity index (χ0v) is 10.6. The first-order chi connectivity index (χ1) is 9.33. The normalized spacial score (nSPS) is 9.68. The highest BCUT2D eigenvalue weighted by molar-refractivity contribution is 5.62. The van der Waals surface area contributed by atoms with E-state index >= 15 is 0 Å². The zero-order valence-electron chi connectivity index (χ0n) is 10.6. The zero-order chi connectivity index (χ0) is 13.5. The van der Waals surface area contributed by atoms with E-state index in [0.717, 1.165) is 17.9 Å². The predicted molar refractivity (Wildman–Crippen MR) is 72.3 cm³/mol. The quantitative estimate of drug-likeness (QED) is 0.888. The van der Waals surface area contributed by atoms with Crippen LogP contribution in [0.2, 0.25) is 0 Å². The molecule has 0 radical (unpaired) electrons. The molecule has 1 aromatic heterocycles. The minimum absolute atomic E-state index is 0.451. The van der Waals surface area contributed by atoms with E-state index in [2.05, 4.69) is 28.5 Å². The predicted octanol–water partition coefficient (Wildman–Crippen LogP) is 2.88. The molecule has 0 amide bonds. The smallest absolute Gasteiger partial charge is 0.171 e. The first-order valence-corrected chi connectivity index (χ1v) is 6.05. The fourth-order valence-electron chi connectivity index (χ4n) is 1.51. The van der Waals surface area contributed by atoms with Gasteiger partial charge < -0.3 is 10.1 Å². The molecule has 0 spiro atoms. The van der Waals surface area contributed by atoms with Crippen molar-refractivity contribution >= 4 is 11.5 Å². The maximum absolute atomic E-state index is 8.96. The van der Waals surface area contributed by atoms with E-state index in [1.807, 2.05) is 24.3 Å². The molecule has 2 rings (SSSR count). The van der Waals surface area contributed by atoms with Gasteiger partial charge >= 0.3 is 0 Å². The monoisotopic (exact) mass is 254 g/mol. The molecule has 0 aliphatic rings. The maximum atomic E-state index is 8.96. The molecule has 0 aliphatic carbocycles. The molecule has 5 nitrogen and oxygen atoms in total. The van der Waals surface area contributed by atoms with E-state index in [-0.39, 0.29) is 0 Å². The lowest BCUT2D eigenvalue weighted by atomic mass is 10.2. The van der Waals surface area contributed by atoms with Crippen molar-refractivity contribution in [1.29, 1.82) is 5.26 Å². The number of hydrogen-bond acceptors (Lipinski definition) is 5. The second-order valence-corrected chi connectivity index (χ2v) is 3.90. The van der Waals surface area contributed by atoms with Gasteiger partial charge in [0.15, 0.2) is 5.82 Å². The summed E-state index contributed by atoms with van der Waals surface area (Å²) in [7, 11) is 0. The molecule has 0 unspecified atom stereocenters. The van der Waals surface area contributed by atoms with Crippen molar-refractivity contribution < 1.29 is 4.74 Å². The standard InChI is InChI=1S/C14H14N4O/c1-2-9-19-13-5-3-12(4-6-13)17-14-11(10-15)7-8-16-18-14/h3-8H,2,9H2,1H3,(H,17,18). The van der Waals surface area contributed by atoms with Crippen LogP contribution in [0.5, 0.6) is 5.75 Å². The Labute approximate surface area is 111 Å². The van der Waals surface area contributed by atoms with Crippen LogP contribution in [0.15, 0.2) is 36.5 Å². The third kappa shape index (κ3) is 3.42. The average molecular weight is 254 g/mol. The van der Waals surface area contributed by atoms with Crippen molar-refractivity contribution in [3.8, 4) is 11.8 Å². The van der Waals surface area contributed by atoms with Crippen LogP contribution in [-0.4, -0.2) is 16.8 Å². The first kappa shape index (κ1) is 12.8. The van der Waals surface area contributed by atoms with Crippen LogP contribution in [-0.2, 0) is 0 Å². The van der Waals surface area contributed by atoms with Crippen LogP contribution in [0.25, 0.3) is 0 Å². The summed E-state index contributed by atoms with van der Waals surface area (Å²) in [5.74, 6) is 1.28. The van der Waals surface area contributed by atoms with Crippen LogP contribution in [0, 0.1) is 11.3 Å². The van der Waals surface area contributed by atoms with E-state index in [0.29, 0.717) is 18.0 Å². The topological polar surface area (TPSA) is 70.8 Å². The van der Waals surface area contributed by atoms with Crippen molar-refractivity contribution in [3.05, 3.63) is 42.1 Å².